The smallest absolute Gasteiger partial charge is 0.406 e. The summed E-state index contributed by atoms with van der Waals surface area (Å²) in [7, 11) is 0. The number of hydrogen-bond donors (Lipinski definition) is 2. The summed E-state index contributed by atoms with van der Waals surface area (Å²) in [5.74, 6) is -1.71. The lowest BCUT2D eigenvalue weighted by atomic mass is 10.2. The molecular weight excluding hydrogens is 279 g/mol. The van der Waals surface area contributed by atoms with E-state index in [4.69, 9.17) is 15.9 Å². The van der Waals surface area contributed by atoms with Gasteiger partial charge in [-0.1, -0.05) is 0 Å². The quantitative estimate of drug-likeness (QED) is 0.791. The van der Waals surface area contributed by atoms with E-state index in [1.165, 1.54) is 18.4 Å². The Labute approximate surface area is 112 Å². The summed E-state index contributed by atoms with van der Waals surface area (Å²) in [4.78, 5) is 23.0. The molecule has 0 aromatic carbocycles. The average molecular weight is 293 g/mol. The molecule has 0 aliphatic heterocycles. The van der Waals surface area contributed by atoms with Gasteiger partial charge >= 0.3 is 6.18 Å². The van der Waals surface area contributed by atoms with Gasteiger partial charge in [-0.15, -0.1) is 0 Å². The number of amides is 2. The molecule has 1 aromatic heterocycles. The first kappa shape index (κ1) is 16.0. The normalized spacial score (nSPS) is 13.0. The minimum Gasteiger partial charge on any atom is -0.467 e. The molecule has 1 heterocycles. The van der Waals surface area contributed by atoms with Crippen molar-refractivity contribution in [1.82, 2.24) is 4.90 Å². The van der Waals surface area contributed by atoms with Crippen molar-refractivity contribution in [2.75, 3.05) is 6.54 Å². The van der Waals surface area contributed by atoms with Gasteiger partial charge in [0.1, 0.15) is 12.3 Å². The molecule has 0 fully saturated rings. The largest absolute Gasteiger partial charge is 0.467 e. The summed E-state index contributed by atoms with van der Waals surface area (Å²) < 4.78 is 42.3. The first-order valence-electron chi connectivity index (χ1n) is 5.61. The summed E-state index contributed by atoms with van der Waals surface area (Å²) in [6.45, 7) is -1.88. The zero-order valence-electron chi connectivity index (χ0n) is 10.4. The molecule has 0 saturated heterocycles. The lowest BCUT2D eigenvalue weighted by molar-refractivity contribution is -0.163. The number of carbonyl (C=O) groups is 2. The standard InChI is InChI=1S/C11H14F3N3O3/c12-11(13,14)6-17(5-7-2-1-3-20-7)10(19)8(15)4-9(16)18/h1-3,8H,4-6,15H2,(H2,16,18). The minimum atomic E-state index is -4.59. The van der Waals surface area contributed by atoms with Gasteiger partial charge in [0, 0.05) is 0 Å². The molecule has 1 rings (SSSR count). The maximum absolute atomic E-state index is 12.5. The van der Waals surface area contributed by atoms with E-state index in [0.717, 1.165) is 0 Å². The SMILES string of the molecule is NC(=O)CC(N)C(=O)N(Cc1ccco1)CC(F)(F)F. The molecule has 112 valence electrons. The van der Waals surface area contributed by atoms with Crippen LogP contribution in [-0.4, -0.2) is 35.5 Å². The van der Waals surface area contributed by atoms with E-state index in [0.29, 0.717) is 4.90 Å². The van der Waals surface area contributed by atoms with Crippen molar-refractivity contribution in [1.29, 1.82) is 0 Å². The van der Waals surface area contributed by atoms with Crippen LogP contribution in [-0.2, 0) is 16.1 Å². The molecule has 9 heteroatoms. The van der Waals surface area contributed by atoms with Crippen molar-refractivity contribution < 1.29 is 27.2 Å². The van der Waals surface area contributed by atoms with Crippen LogP contribution in [0.15, 0.2) is 22.8 Å². The van der Waals surface area contributed by atoms with Crippen molar-refractivity contribution in [3.05, 3.63) is 24.2 Å². The van der Waals surface area contributed by atoms with E-state index in [2.05, 4.69) is 0 Å². The molecule has 4 N–H and O–H groups in total. The van der Waals surface area contributed by atoms with Crippen LogP contribution in [0.25, 0.3) is 0 Å². The fourth-order valence-electron chi connectivity index (χ4n) is 1.56. The van der Waals surface area contributed by atoms with Crippen LogP contribution in [0.5, 0.6) is 0 Å². The van der Waals surface area contributed by atoms with Crippen molar-refractivity contribution in [3.8, 4) is 0 Å². The third kappa shape index (κ3) is 5.31. The molecule has 0 aliphatic rings. The zero-order valence-corrected chi connectivity index (χ0v) is 10.4. The number of hydrogen-bond acceptors (Lipinski definition) is 4. The Kier molecular flexibility index (Phi) is 5.14. The molecule has 20 heavy (non-hydrogen) atoms. The average Bonchev–Trinajstić information content (AvgIpc) is 2.77. The third-order valence-corrected chi connectivity index (χ3v) is 2.35. The molecule has 0 saturated carbocycles. The van der Waals surface area contributed by atoms with E-state index in [1.807, 2.05) is 0 Å². The van der Waals surface area contributed by atoms with Gasteiger partial charge in [-0.3, -0.25) is 9.59 Å². The fraction of sp³-hybridized carbons (Fsp3) is 0.455. The van der Waals surface area contributed by atoms with Crippen LogP contribution in [0.4, 0.5) is 13.2 Å². The first-order chi connectivity index (χ1) is 9.19. The number of rotatable bonds is 6. The summed E-state index contributed by atoms with van der Waals surface area (Å²) in [5.41, 5.74) is 10.2. The highest BCUT2D eigenvalue weighted by Gasteiger charge is 2.35. The summed E-state index contributed by atoms with van der Waals surface area (Å²) >= 11 is 0. The first-order valence-corrected chi connectivity index (χ1v) is 5.61. The second-order valence-corrected chi connectivity index (χ2v) is 4.17. The number of halogens is 3. The molecule has 2 amide bonds. The van der Waals surface area contributed by atoms with Crippen molar-refractivity contribution in [2.24, 2.45) is 11.5 Å². The fourth-order valence-corrected chi connectivity index (χ4v) is 1.56. The number of nitrogens with two attached hydrogens (primary N) is 2. The van der Waals surface area contributed by atoms with Crippen LogP contribution in [0, 0.1) is 0 Å². The molecule has 0 spiro atoms. The number of furan rings is 1. The Bertz CT molecular complexity index is 459. The van der Waals surface area contributed by atoms with Crippen molar-refractivity contribution in [2.45, 2.75) is 25.2 Å². The molecular formula is C11H14F3N3O3. The zero-order chi connectivity index (χ0) is 15.3. The molecule has 0 aliphatic carbocycles. The van der Waals surface area contributed by atoms with Crippen LogP contribution in [0.3, 0.4) is 0 Å². The maximum Gasteiger partial charge on any atom is 0.406 e. The summed E-state index contributed by atoms with van der Waals surface area (Å²) in [5, 5.41) is 0. The number of primary amides is 1. The lowest BCUT2D eigenvalue weighted by Gasteiger charge is -2.25. The molecule has 6 nitrogen and oxygen atoms in total. The molecule has 1 unspecified atom stereocenters. The highest BCUT2D eigenvalue weighted by molar-refractivity contribution is 5.87. The minimum absolute atomic E-state index is 0.175. The van der Waals surface area contributed by atoms with Gasteiger partial charge in [-0.25, -0.2) is 0 Å². The van der Waals surface area contributed by atoms with Gasteiger partial charge in [-0.2, -0.15) is 13.2 Å². The maximum atomic E-state index is 12.5. The van der Waals surface area contributed by atoms with Gasteiger partial charge < -0.3 is 20.8 Å². The molecule has 0 radical (unpaired) electrons. The third-order valence-electron chi connectivity index (χ3n) is 2.35. The Hall–Kier alpha value is -2.03. The van der Waals surface area contributed by atoms with E-state index in [-0.39, 0.29) is 5.76 Å². The highest BCUT2D eigenvalue weighted by Crippen LogP contribution is 2.19. The Morgan fingerprint density at radius 2 is 2.05 bits per heavy atom. The second kappa shape index (κ2) is 6.42. The topological polar surface area (TPSA) is 103 Å². The monoisotopic (exact) mass is 293 g/mol. The predicted molar refractivity (Wildman–Crippen MR) is 62.0 cm³/mol. The van der Waals surface area contributed by atoms with E-state index in [9.17, 15) is 22.8 Å². The van der Waals surface area contributed by atoms with E-state index < -0.39 is 43.5 Å². The van der Waals surface area contributed by atoms with Crippen LogP contribution >= 0.6 is 0 Å². The Morgan fingerprint density at radius 1 is 1.40 bits per heavy atom. The van der Waals surface area contributed by atoms with E-state index in [1.54, 1.807) is 0 Å². The number of nitrogens with zero attached hydrogens (tertiary/aromatic N) is 1. The second-order valence-electron chi connectivity index (χ2n) is 4.17. The van der Waals surface area contributed by atoms with Crippen LogP contribution in [0.1, 0.15) is 12.2 Å². The lowest BCUT2D eigenvalue weighted by Crippen LogP contribution is -2.48. The van der Waals surface area contributed by atoms with Gasteiger partial charge in [0.25, 0.3) is 0 Å². The van der Waals surface area contributed by atoms with Crippen LogP contribution in [0.2, 0.25) is 0 Å². The molecule has 1 aromatic rings. The van der Waals surface area contributed by atoms with Gasteiger partial charge in [0.05, 0.1) is 25.3 Å². The molecule has 0 bridgehead atoms. The van der Waals surface area contributed by atoms with Crippen molar-refractivity contribution >= 4 is 11.8 Å². The van der Waals surface area contributed by atoms with Crippen LogP contribution < -0.4 is 11.5 Å². The highest BCUT2D eigenvalue weighted by atomic mass is 19.4. The summed E-state index contributed by atoms with van der Waals surface area (Å²) in [6.07, 6.45) is -3.84. The molecule has 1 atom stereocenters. The van der Waals surface area contributed by atoms with Gasteiger partial charge in [0.15, 0.2) is 0 Å². The van der Waals surface area contributed by atoms with Crippen molar-refractivity contribution in [3.63, 3.8) is 0 Å². The van der Waals surface area contributed by atoms with Gasteiger partial charge in [0.2, 0.25) is 11.8 Å². The number of carbonyl (C=O) groups excluding carboxylic acids is 2. The summed E-state index contributed by atoms with van der Waals surface area (Å²) in [6, 6.07) is 1.50. The predicted octanol–water partition coefficient (Wildman–Crippen LogP) is 0.373. The Balaban J connectivity index is 2.80. The Morgan fingerprint density at radius 3 is 2.50 bits per heavy atom. The van der Waals surface area contributed by atoms with E-state index >= 15 is 0 Å². The number of alkyl halides is 3. The van der Waals surface area contributed by atoms with Gasteiger partial charge in [-0.05, 0) is 12.1 Å².